The second-order valence-electron chi connectivity index (χ2n) is 8.73. The predicted molar refractivity (Wildman–Crippen MR) is 137 cm³/mol. The quantitative estimate of drug-likeness (QED) is 0.473. The summed E-state index contributed by atoms with van der Waals surface area (Å²) in [4.78, 5) is 28.2. The smallest absolute Gasteiger partial charge is 0.253 e. The Hall–Kier alpha value is -3.15. The summed E-state index contributed by atoms with van der Waals surface area (Å²) in [6, 6.07) is 25.1. The first kappa shape index (κ1) is 24.0. The van der Waals surface area contributed by atoms with Gasteiger partial charge in [0.15, 0.2) is 0 Å². The number of carbonyl (C=O) groups excluding carboxylic acids is 2. The van der Waals surface area contributed by atoms with Gasteiger partial charge in [0.05, 0.1) is 17.2 Å². The summed E-state index contributed by atoms with van der Waals surface area (Å²) in [6.07, 6.45) is 2.56. The van der Waals surface area contributed by atoms with Gasteiger partial charge in [-0.1, -0.05) is 66.2 Å². The molecular formula is C28H30ClN3O2. The molecule has 34 heavy (non-hydrogen) atoms. The summed E-state index contributed by atoms with van der Waals surface area (Å²) in [7, 11) is 0. The molecule has 1 heterocycles. The number of anilines is 1. The number of benzene rings is 3. The monoisotopic (exact) mass is 475 g/mol. The van der Waals surface area contributed by atoms with Crippen LogP contribution in [0.15, 0.2) is 78.9 Å². The topological polar surface area (TPSA) is 61.4 Å². The van der Waals surface area contributed by atoms with Gasteiger partial charge in [-0.2, -0.15) is 0 Å². The van der Waals surface area contributed by atoms with E-state index in [4.69, 9.17) is 11.6 Å². The molecule has 3 aromatic carbocycles. The predicted octanol–water partition coefficient (Wildman–Crippen LogP) is 5.16. The van der Waals surface area contributed by atoms with Crippen molar-refractivity contribution in [3.05, 3.63) is 101 Å². The Bertz CT molecular complexity index is 1100. The molecule has 4 rings (SSSR count). The standard InChI is InChI=1S/C28H30ClN3O2/c29-24-14-12-22(13-15-24)19-32-18-6-9-23(20-32)27(33)31-26-11-5-4-10-25(26)28(34)30-17-16-21-7-2-1-3-8-21/h1-5,7-8,10-15,23H,6,9,16-20H2,(H,30,34)(H,31,33). The van der Waals surface area contributed by atoms with Gasteiger partial charge in [-0.05, 0) is 61.2 Å². The second-order valence-corrected chi connectivity index (χ2v) is 9.16. The lowest BCUT2D eigenvalue weighted by molar-refractivity contribution is -0.121. The summed E-state index contributed by atoms with van der Waals surface area (Å²) in [5.74, 6) is -0.333. The molecule has 1 fully saturated rings. The Balaban J connectivity index is 1.33. The van der Waals surface area contributed by atoms with Crippen molar-refractivity contribution in [3.8, 4) is 0 Å². The van der Waals surface area contributed by atoms with Gasteiger partial charge in [0.25, 0.3) is 5.91 Å². The third-order valence-electron chi connectivity index (χ3n) is 6.17. The molecule has 1 atom stereocenters. The maximum Gasteiger partial charge on any atom is 0.253 e. The lowest BCUT2D eigenvalue weighted by Crippen LogP contribution is -2.40. The van der Waals surface area contributed by atoms with Crippen molar-refractivity contribution >= 4 is 29.1 Å². The fourth-order valence-corrected chi connectivity index (χ4v) is 4.47. The third kappa shape index (κ3) is 6.69. The second kappa shape index (κ2) is 11.8. The van der Waals surface area contributed by atoms with Crippen molar-refractivity contribution in [3.63, 3.8) is 0 Å². The zero-order valence-corrected chi connectivity index (χ0v) is 19.9. The summed E-state index contributed by atoms with van der Waals surface area (Å²) < 4.78 is 0. The maximum absolute atomic E-state index is 13.1. The van der Waals surface area contributed by atoms with Crippen molar-refractivity contribution in [2.45, 2.75) is 25.8 Å². The molecule has 0 aliphatic carbocycles. The minimum absolute atomic E-state index is 0.0367. The van der Waals surface area contributed by atoms with Crippen molar-refractivity contribution in [1.82, 2.24) is 10.2 Å². The molecule has 3 aromatic rings. The molecule has 1 aliphatic rings. The minimum Gasteiger partial charge on any atom is -0.352 e. The molecule has 0 saturated carbocycles. The number of carbonyl (C=O) groups is 2. The molecule has 2 amide bonds. The van der Waals surface area contributed by atoms with Gasteiger partial charge < -0.3 is 10.6 Å². The first-order valence-electron chi connectivity index (χ1n) is 11.8. The normalized spacial score (nSPS) is 16.1. The van der Waals surface area contributed by atoms with E-state index < -0.39 is 0 Å². The fourth-order valence-electron chi connectivity index (χ4n) is 4.35. The molecule has 0 spiro atoms. The van der Waals surface area contributed by atoms with Crippen LogP contribution in [0.5, 0.6) is 0 Å². The zero-order valence-electron chi connectivity index (χ0n) is 19.2. The third-order valence-corrected chi connectivity index (χ3v) is 6.42. The van der Waals surface area contributed by atoms with Crippen LogP contribution in [-0.2, 0) is 17.8 Å². The molecule has 0 radical (unpaired) electrons. The highest BCUT2D eigenvalue weighted by Crippen LogP contribution is 2.22. The van der Waals surface area contributed by atoms with Crippen LogP contribution in [0.3, 0.4) is 0 Å². The van der Waals surface area contributed by atoms with Crippen LogP contribution in [0.2, 0.25) is 5.02 Å². The van der Waals surface area contributed by atoms with Crippen molar-refractivity contribution in [2.75, 3.05) is 25.0 Å². The lowest BCUT2D eigenvalue weighted by Gasteiger charge is -2.32. The van der Waals surface area contributed by atoms with E-state index in [0.717, 1.165) is 37.4 Å². The Morgan fingerprint density at radius 1 is 0.912 bits per heavy atom. The number of rotatable bonds is 8. The summed E-state index contributed by atoms with van der Waals surface area (Å²) in [5, 5.41) is 6.71. The minimum atomic E-state index is -0.181. The molecule has 2 N–H and O–H groups in total. The number of likely N-dealkylation sites (tertiary alicyclic amines) is 1. The number of nitrogens with zero attached hydrogens (tertiary/aromatic N) is 1. The maximum atomic E-state index is 13.1. The molecule has 1 saturated heterocycles. The van der Waals surface area contributed by atoms with E-state index in [1.165, 1.54) is 11.1 Å². The van der Waals surface area contributed by atoms with Crippen LogP contribution < -0.4 is 10.6 Å². The van der Waals surface area contributed by atoms with Crippen LogP contribution >= 0.6 is 11.6 Å². The van der Waals surface area contributed by atoms with Crippen LogP contribution in [-0.4, -0.2) is 36.3 Å². The number of nitrogens with one attached hydrogen (secondary N) is 2. The van der Waals surface area contributed by atoms with Crippen LogP contribution in [0.1, 0.15) is 34.3 Å². The average Bonchev–Trinajstić information content (AvgIpc) is 2.86. The van der Waals surface area contributed by atoms with E-state index in [0.29, 0.717) is 24.3 Å². The largest absolute Gasteiger partial charge is 0.352 e. The van der Waals surface area contributed by atoms with Gasteiger partial charge in [0.1, 0.15) is 0 Å². The highest BCUT2D eigenvalue weighted by molar-refractivity contribution is 6.30. The zero-order chi connectivity index (χ0) is 23.8. The van der Waals surface area contributed by atoms with E-state index >= 15 is 0 Å². The van der Waals surface area contributed by atoms with Gasteiger partial charge in [0.2, 0.25) is 5.91 Å². The molecular weight excluding hydrogens is 446 g/mol. The van der Waals surface area contributed by atoms with Crippen molar-refractivity contribution in [2.24, 2.45) is 5.92 Å². The van der Waals surface area contributed by atoms with Crippen LogP contribution in [0, 0.1) is 5.92 Å². The Morgan fingerprint density at radius 3 is 2.44 bits per heavy atom. The Morgan fingerprint density at radius 2 is 1.65 bits per heavy atom. The molecule has 0 aromatic heterocycles. The first-order valence-corrected chi connectivity index (χ1v) is 12.1. The van der Waals surface area contributed by atoms with E-state index in [9.17, 15) is 9.59 Å². The van der Waals surface area contributed by atoms with Gasteiger partial charge in [-0.3, -0.25) is 14.5 Å². The summed E-state index contributed by atoms with van der Waals surface area (Å²) in [5.41, 5.74) is 3.39. The van der Waals surface area contributed by atoms with E-state index in [2.05, 4.69) is 15.5 Å². The number of halogens is 1. The SMILES string of the molecule is O=C(NCCc1ccccc1)c1ccccc1NC(=O)C1CCCN(Cc2ccc(Cl)cc2)C1. The molecule has 1 unspecified atom stereocenters. The van der Waals surface area contributed by atoms with Gasteiger partial charge in [-0.25, -0.2) is 0 Å². The number of hydrogen-bond acceptors (Lipinski definition) is 3. The highest BCUT2D eigenvalue weighted by atomic mass is 35.5. The van der Waals surface area contributed by atoms with Gasteiger partial charge >= 0.3 is 0 Å². The van der Waals surface area contributed by atoms with Crippen molar-refractivity contribution < 1.29 is 9.59 Å². The average molecular weight is 476 g/mol. The van der Waals surface area contributed by atoms with Gasteiger partial charge in [-0.15, -0.1) is 0 Å². The van der Waals surface area contributed by atoms with Crippen LogP contribution in [0.4, 0.5) is 5.69 Å². The Labute approximate surface area is 206 Å². The molecule has 0 bridgehead atoms. The molecule has 6 heteroatoms. The number of para-hydroxylation sites is 1. The van der Waals surface area contributed by atoms with E-state index in [1.54, 1.807) is 12.1 Å². The van der Waals surface area contributed by atoms with E-state index in [-0.39, 0.29) is 17.7 Å². The fraction of sp³-hybridized carbons (Fsp3) is 0.286. The Kier molecular flexibility index (Phi) is 8.34. The number of hydrogen-bond donors (Lipinski definition) is 2. The summed E-state index contributed by atoms with van der Waals surface area (Å²) >= 11 is 5.99. The molecule has 176 valence electrons. The molecule has 1 aliphatic heterocycles. The van der Waals surface area contributed by atoms with E-state index in [1.807, 2.05) is 66.7 Å². The highest BCUT2D eigenvalue weighted by Gasteiger charge is 2.26. The number of amides is 2. The summed E-state index contributed by atoms with van der Waals surface area (Å²) in [6.45, 7) is 2.99. The number of piperidine rings is 1. The van der Waals surface area contributed by atoms with Crippen LogP contribution in [0.25, 0.3) is 0 Å². The lowest BCUT2D eigenvalue weighted by atomic mass is 9.96. The first-order chi connectivity index (χ1) is 16.6. The molecule has 5 nitrogen and oxygen atoms in total. The van der Waals surface area contributed by atoms with Gasteiger partial charge in [0, 0.05) is 24.7 Å². The van der Waals surface area contributed by atoms with Crippen molar-refractivity contribution in [1.29, 1.82) is 0 Å².